The molecule has 0 radical (unpaired) electrons. The molecule has 2 aromatic rings. The van der Waals surface area contributed by atoms with Gasteiger partial charge in [0.15, 0.2) is 5.43 Å². The van der Waals surface area contributed by atoms with Crippen molar-refractivity contribution >= 4 is 27.5 Å². The van der Waals surface area contributed by atoms with Crippen molar-refractivity contribution in [1.82, 2.24) is 4.98 Å². The Morgan fingerprint density at radius 3 is 2.75 bits per heavy atom. The second-order valence-electron chi connectivity index (χ2n) is 4.50. The van der Waals surface area contributed by atoms with Crippen molar-refractivity contribution in [3.05, 3.63) is 62.0 Å². The molecule has 2 N–H and O–H groups in total. The van der Waals surface area contributed by atoms with Gasteiger partial charge in [-0.05, 0) is 37.1 Å². The smallest absolute Gasteiger partial charge is 0.261 e. The summed E-state index contributed by atoms with van der Waals surface area (Å²) in [4.78, 5) is 26.8. The highest BCUT2D eigenvalue weighted by Crippen LogP contribution is 2.21. The van der Waals surface area contributed by atoms with Crippen molar-refractivity contribution in [3.8, 4) is 0 Å². The Balaban J connectivity index is 2.30. The van der Waals surface area contributed by atoms with Gasteiger partial charge in [0, 0.05) is 28.1 Å². The first-order valence-electron chi connectivity index (χ1n) is 6.30. The highest BCUT2D eigenvalue weighted by atomic mass is 79.9. The number of benzene rings is 1. The number of carbonyl (C=O) groups is 1. The molecular formula is C15H15BrN2O2. The van der Waals surface area contributed by atoms with Gasteiger partial charge in [-0.1, -0.05) is 22.9 Å². The average molecular weight is 335 g/mol. The van der Waals surface area contributed by atoms with Crippen LogP contribution in [-0.4, -0.2) is 10.9 Å². The second-order valence-corrected chi connectivity index (χ2v) is 5.42. The summed E-state index contributed by atoms with van der Waals surface area (Å²) in [5.41, 5.74) is 2.29. The maximum Gasteiger partial charge on any atom is 0.261 e. The van der Waals surface area contributed by atoms with Crippen molar-refractivity contribution in [1.29, 1.82) is 0 Å². The molecule has 0 aliphatic heterocycles. The number of carbonyl (C=O) groups excluding carboxylic acids is 1. The first kappa shape index (κ1) is 14.5. The Hall–Kier alpha value is -1.88. The largest absolute Gasteiger partial charge is 0.364 e. The first-order chi connectivity index (χ1) is 9.51. The van der Waals surface area contributed by atoms with Gasteiger partial charge in [-0.2, -0.15) is 0 Å². The van der Waals surface area contributed by atoms with Crippen molar-refractivity contribution in [2.75, 3.05) is 5.32 Å². The van der Waals surface area contributed by atoms with Crippen LogP contribution in [-0.2, 0) is 6.42 Å². The molecule has 20 heavy (non-hydrogen) atoms. The predicted octanol–water partition coefficient (Wildman–Crippen LogP) is 3.26. The van der Waals surface area contributed by atoms with Crippen LogP contribution in [0.1, 0.15) is 28.5 Å². The fourth-order valence-electron chi connectivity index (χ4n) is 1.92. The molecule has 5 heteroatoms. The third-order valence-corrected chi connectivity index (χ3v) is 3.49. The number of pyridine rings is 1. The predicted molar refractivity (Wildman–Crippen MR) is 83.3 cm³/mol. The van der Waals surface area contributed by atoms with Crippen LogP contribution in [0.25, 0.3) is 0 Å². The Bertz CT molecular complexity index is 707. The molecule has 0 spiro atoms. The van der Waals surface area contributed by atoms with Crippen LogP contribution >= 0.6 is 15.9 Å². The molecule has 1 amide bonds. The standard InChI is InChI=1S/C15H15BrN2O2/c1-3-10-7-11(16)4-5-13(10)18-15(20)12-8-17-9(2)6-14(12)19/h4-8H,3H2,1-2H3,(H,17,19)(H,18,20). The maximum atomic E-state index is 12.2. The summed E-state index contributed by atoms with van der Waals surface area (Å²) in [6.07, 6.45) is 2.23. The normalized spacial score (nSPS) is 10.3. The average Bonchev–Trinajstić information content (AvgIpc) is 2.40. The lowest BCUT2D eigenvalue weighted by molar-refractivity contribution is 0.102. The van der Waals surface area contributed by atoms with E-state index in [0.29, 0.717) is 0 Å². The molecule has 0 saturated heterocycles. The number of nitrogens with one attached hydrogen (secondary N) is 2. The number of hydrogen-bond donors (Lipinski definition) is 2. The van der Waals surface area contributed by atoms with E-state index >= 15 is 0 Å². The van der Waals surface area contributed by atoms with E-state index in [9.17, 15) is 9.59 Å². The van der Waals surface area contributed by atoms with Crippen LogP contribution < -0.4 is 10.7 Å². The molecule has 0 atom stereocenters. The van der Waals surface area contributed by atoms with Crippen molar-refractivity contribution in [3.63, 3.8) is 0 Å². The van der Waals surface area contributed by atoms with Gasteiger partial charge in [0.1, 0.15) is 5.56 Å². The van der Waals surface area contributed by atoms with E-state index in [2.05, 4.69) is 26.2 Å². The van der Waals surface area contributed by atoms with E-state index in [-0.39, 0.29) is 11.0 Å². The zero-order chi connectivity index (χ0) is 14.7. The van der Waals surface area contributed by atoms with E-state index in [4.69, 9.17) is 0 Å². The summed E-state index contributed by atoms with van der Waals surface area (Å²) < 4.78 is 0.959. The van der Waals surface area contributed by atoms with Crippen LogP contribution in [0.2, 0.25) is 0 Å². The van der Waals surface area contributed by atoms with Gasteiger partial charge in [0.2, 0.25) is 0 Å². The van der Waals surface area contributed by atoms with Gasteiger partial charge in [-0.3, -0.25) is 9.59 Å². The van der Waals surface area contributed by atoms with E-state index in [1.54, 1.807) is 6.92 Å². The Labute approximate surface area is 125 Å². The molecule has 0 fully saturated rings. The second kappa shape index (κ2) is 6.05. The Morgan fingerprint density at radius 2 is 2.10 bits per heavy atom. The molecule has 1 aromatic heterocycles. The van der Waals surface area contributed by atoms with E-state index in [1.807, 2.05) is 25.1 Å². The topological polar surface area (TPSA) is 62.0 Å². The number of aromatic amines is 1. The maximum absolute atomic E-state index is 12.2. The van der Waals surface area contributed by atoms with Crippen LogP contribution in [0, 0.1) is 6.92 Å². The van der Waals surface area contributed by atoms with Crippen LogP contribution in [0.4, 0.5) is 5.69 Å². The highest BCUT2D eigenvalue weighted by Gasteiger charge is 2.12. The molecule has 2 rings (SSSR count). The summed E-state index contributed by atoms with van der Waals surface area (Å²) in [5.74, 6) is -0.400. The van der Waals surface area contributed by atoms with Gasteiger partial charge in [0.25, 0.3) is 5.91 Å². The summed E-state index contributed by atoms with van der Waals surface area (Å²) in [6, 6.07) is 7.05. The quantitative estimate of drug-likeness (QED) is 0.904. The van der Waals surface area contributed by atoms with Crippen LogP contribution in [0.3, 0.4) is 0 Å². The fraction of sp³-hybridized carbons (Fsp3) is 0.200. The zero-order valence-electron chi connectivity index (χ0n) is 11.3. The number of aromatic nitrogens is 1. The van der Waals surface area contributed by atoms with Gasteiger partial charge >= 0.3 is 0 Å². The molecule has 0 aliphatic carbocycles. The number of H-pyrrole nitrogens is 1. The fourth-order valence-corrected chi connectivity index (χ4v) is 2.33. The SMILES string of the molecule is CCc1cc(Br)ccc1NC(=O)c1c[nH]c(C)cc1=O. The number of amides is 1. The highest BCUT2D eigenvalue weighted by molar-refractivity contribution is 9.10. The third kappa shape index (κ3) is 3.17. The molecule has 1 heterocycles. The molecular weight excluding hydrogens is 320 g/mol. The molecule has 0 aliphatic rings. The zero-order valence-corrected chi connectivity index (χ0v) is 12.9. The van der Waals surface area contributed by atoms with Crippen molar-refractivity contribution in [2.24, 2.45) is 0 Å². The van der Waals surface area contributed by atoms with E-state index < -0.39 is 5.91 Å². The summed E-state index contributed by atoms with van der Waals surface area (Å²) in [6.45, 7) is 3.78. The van der Waals surface area contributed by atoms with Crippen molar-refractivity contribution in [2.45, 2.75) is 20.3 Å². The summed E-state index contributed by atoms with van der Waals surface area (Å²) in [7, 11) is 0. The lowest BCUT2D eigenvalue weighted by atomic mass is 10.1. The van der Waals surface area contributed by atoms with Gasteiger partial charge < -0.3 is 10.3 Å². The molecule has 0 saturated carbocycles. The molecule has 104 valence electrons. The van der Waals surface area contributed by atoms with Gasteiger partial charge in [-0.15, -0.1) is 0 Å². The number of hydrogen-bond acceptors (Lipinski definition) is 2. The first-order valence-corrected chi connectivity index (χ1v) is 7.09. The van der Waals surface area contributed by atoms with Gasteiger partial charge in [-0.25, -0.2) is 0 Å². The third-order valence-electron chi connectivity index (χ3n) is 3.00. The summed E-state index contributed by atoms with van der Waals surface area (Å²) >= 11 is 3.40. The number of anilines is 1. The molecule has 1 aromatic carbocycles. The molecule has 0 unspecified atom stereocenters. The minimum Gasteiger partial charge on any atom is -0.364 e. The Kier molecular flexibility index (Phi) is 4.39. The van der Waals surface area contributed by atoms with Gasteiger partial charge in [0.05, 0.1) is 0 Å². The lowest BCUT2D eigenvalue weighted by Crippen LogP contribution is -2.22. The number of aryl methyl sites for hydroxylation is 2. The van der Waals surface area contributed by atoms with Crippen LogP contribution in [0.15, 0.2) is 39.7 Å². The lowest BCUT2D eigenvalue weighted by Gasteiger charge is -2.10. The van der Waals surface area contributed by atoms with Crippen molar-refractivity contribution < 1.29 is 4.79 Å². The monoisotopic (exact) mass is 334 g/mol. The number of halogens is 1. The van der Waals surface area contributed by atoms with Crippen LogP contribution in [0.5, 0.6) is 0 Å². The molecule has 4 nitrogen and oxygen atoms in total. The Morgan fingerprint density at radius 1 is 1.35 bits per heavy atom. The minimum atomic E-state index is -0.400. The van der Waals surface area contributed by atoms with E-state index in [0.717, 1.165) is 27.8 Å². The molecule has 0 bridgehead atoms. The minimum absolute atomic E-state index is 0.112. The van der Waals surface area contributed by atoms with E-state index in [1.165, 1.54) is 12.3 Å². The number of rotatable bonds is 3. The summed E-state index contributed by atoms with van der Waals surface area (Å²) in [5, 5.41) is 2.79.